The van der Waals surface area contributed by atoms with Crippen molar-refractivity contribution in [1.82, 2.24) is 5.32 Å². The minimum Gasteiger partial charge on any atom is -0.481 e. The Hall–Kier alpha value is -0.920. The molecule has 0 fully saturated rings. The first kappa shape index (κ1) is 16.1. The number of aliphatic carboxylic acids is 1. The van der Waals surface area contributed by atoms with Crippen molar-refractivity contribution in [3.05, 3.63) is 17.0 Å². The molecule has 0 spiro atoms. The fourth-order valence-corrected chi connectivity index (χ4v) is 5.23. The van der Waals surface area contributed by atoms with E-state index in [4.69, 9.17) is 9.90 Å². The van der Waals surface area contributed by atoms with Gasteiger partial charge >= 0.3 is 0 Å². The van der Waals surface area contributed by atoms with Crippen LogP contribution < -0.4 is 5.32 Å². The van der Waals surface area contributed by atoms with E-state index >= 15 is 0 Å². The first-order chi connectivity index (χ1) is 8.80. The lowest BCUT2D eigenvalue weighted by Gasteiger charge is -2.27. The van der Waals surface area contributed by atoms with Crippen molar-refractivity contribution in [3.8, 4) is 0 Å². The van der Waals surface area contributed by atoms with Crippen LogP contribution in [-0.4, -0.2) is 31.3 Å². The highest BCUT2D eigenvalue weighted by Gasteiger charge is 2.36. The van der Waals surface area contributed by atoms with Crippen LogP contribution in [-0.2, 0) is 14.6 Å². The normalized spacial score (nSPS) is 23.9. The minimum atomic E-state index is -3.05. The van der Waals surface area contributed by atoms with Gasteiger partial charge in [-0.05, 0) is 36.9 Å². The number of carboxylic acids is 1. The van der Waals surface area contributed by atoms with E-state index in [-0.39, 0.29) is 11.3 Å². The quantitative estimate of drug-likeness (QED) is 0.873. The van der Waals surface area contributed by atoms with Gasteiger partial charge in [0.15, 0.2) is 9.84 Å². The van der Waals surface area contributed by atoms with E-state index in [1.807, 2.05) is 18.4 Å². The van der Waals surface area contributed by atoms with E-state index in [1.165, 1.54) is 11.3 Å². The Balaban J connectivity index is 0.000000399. The number of carboxylic acid groups (broad SMARTS) is 1. The van der Waals surface area contributed by atoms with Gasteiger partial charge in [-0.15, -0.1) is 11.3 Å². The van der Waals surface area contributed by atoms with Crippen molar-refractivity contribution in [3.63, 3.8) is 0 Å². The Labute approximate surface area is 117 Å². The molecular weight excluding hydrogens is 286 g/mol. The van der Waals surface area contributed by atoms with Crippen molar-refractivity contribution in [2.45, 2.75) is 42.7 Å². The van der Waals surface area contributed by atoms with Crippen LogP contribution in [0.3, 0.4) is 0 Å². The Kier molecular flexibility index (Phi) is 5.51. The van der Waals surface area contributed by atoms with E-state index in [0.717, 1.165) is 19.0 Å². The Morgan fingerprint density at radius 3 is 2.68 bits per heavy atom. The summed E-state index contributed by atoms with van der Waals surface area (Å²) in [7, 11) is -3.05. The first-order valence-corrected chi connectivity index (χ1v) is 8.47. The van der Waals surface area contributed by atoms with Crippen LogP contribution in [0.1, 0.15) is 38.8 Å². The van der Waals surface area contributed by atoms with Gasteiger partial charge in [0.25, 0.3) is 5.97 Å². The number of carbonyl (C=O) groups is 1. The summed E-state index contributed by atoms with van der Waals surface area (Å²) >= 11 is 1.34. The number of fused-ring (bicyclic) bond motifs is 1. The van der Waals surface area contributed by atoms with Gasteiger partial charge in [-0.1, -0.05) is 6.92 Å². The smallest absolute Gasteiger partial charge is 0.300 e. The maximum Gasteiger partial charge on any atom is 0.300 e. The summed E-state index contributed by atoms with van der Waals surface area (Å²) in [6, 6.07) is 2.13. The lowest BCUT2D eigenvalue weighted by Crippen LogP contribution is -2.33. The molecule has 1 aliphatic rings. The van der Waals surface area contributed by atoms with Gasteiger partial charge in [-0.25, -0.2) is 8.42 Å². The van der Waals surface area contributed by atoms with Crippen LogP contribution in [0.2, 0.25) is 0 Å². The molecule has 5 nitrogen and oxygen atoms in total. The zero-order valence-corrected chi connectivity index (χ0v) is 12.8. The molecule has 0 bridgehead atoms. The maximum atomic E-state index is 12.0. The van der Waals surface area contributed by atoms with Crippen molar-refractivity contribution >= 4 is 27.1 Å². The molecule has 2 rings (SSSR count). The van der Waals surface area contributed by atoms with Crippen LogP contribution in [0.15, 0.2) is 15.7 Å². The summed E-state index contributed by atoms with van der Waals surface area (Å²) in [6.45, 7) is 5.79. The molecule has 1 aromatic rings. The molecule has 108 valence electrons. The zero-order chi connectivity index (χ0) is 14.6. The van der Waals surface area contributed by atoms with Crippen LogP contribution >= 0.6 is 11.3 Å². The van der Waals surface area contributed by atoms with Gasteiger partial charge in [-0.2, -0.15) is 0 Å². The molecule has 2 N–H and O–H groups in total. The second-order valence-corrected chi connectivity index (χ2v) is 7.86. The number of nitrogens with one attached hydrogen (secondary N) is 1. The molecule has 1 aromatic heterocycles. The summed E-state index contributed by atoms with van der Waals surface area (Å²) in [6.07, 6.45) is 0.680. The van der Waals surface area contributed by atoms with Gasteiger partial charge < -0.3 is 10.4 Å². The zero-order valence-electron chi connectivity index (χ0n) is 11.2. The number of thiophene rings is 1. The summed E-state index contributed by atoms with van der Waals surface area (Å²) in [5.74, 6) is -0.833. The van der Waals surface area contributed by atoms with E-state index in [1.54, 1.807) is 6.92 Å². The lowest BCUT2D eigenvalue weighted by atomic mass is 10.1. The van der Waals surface area contributed by atoms with Gasteiger partial charge in [0.05, 0.1) is 5.25 Å². The Morgan fingerprint density at radius 1 is 1.58 bits per heavy atom. The number of rotatable bonds is 2. The third kappa shape index (κ3) is 3.77. The summed E-state index contributed by atoms with van der Waals surface area (Å²) in [4.78, 5) is 9.00. The molecule has 0 aromatic carbocycles. The lowest BCUT2D eigenvalue weighted by molar-refractivity contribution is -0.134. The molecular formula is C12H19NO4S2. The van der Waals surface area contributed by atoms with E-state index in [9.17, 15) is 8.42 Å². The molecule has 19 heavy (non-hydrogen) atoms. The third-order valence-electron chi connectivity index (χ3n) is 2.84. The molecule has 0 unspecified atom stereocenters. The molecule has 2 atom stereocenters. The Bertz CT molecular complexity index is 532. The minimum absolute atomic E-state index is 0.203. The predicted molar refractivity (Wildman–Crippen MR) is 75.3 cm³/mol. The van der Waals surface area contributed by atoms with Crippen molar-refractivity contribution in [1.29, 1.82) is 0 Å². The number of hydrogen-bond acceptors (Lipinski definition) is 5. The van der Waals surface area contributed by atoms with Crippen molar-refractivity contribution in [2.75, 3.05) is 6.54 Å². The molecule has 0 radical (unpaired) electrons. The second-order valence-electron chi connectivity index (χ2n) is 4.38. The molecule has 0 aliphatic carbocycles. The van der Waals surface area contributed by atoms with Gasteiger partial charge in [0.1, 0.15) is 4.21 Å². The number of hydrogen-bond donors (Lipinski definition) is 2. The SMILES string of the molecule is CC(=O)O.CCN[C@H]1C[C@H](C)S(=O)(=O)c2sccc21. The standard InChI is InChI=1S/C10H15NO2S2.C2H4O2/c1-3-11-9-6-7(2)15(12,13)10-8(9)4-5-14-10;1-2(3)4/h4-5,7,9,11H,3,6H2,1-2H3;1H3,(H,3,4)/t7-,9-;/m0./s1. The molecule has 7 heteroatoms. The van der Waals surface area contributed by atoms with Gasteiger partial charge in [0.2, 0.25) is 0 Å². The molecule has 1 aliphatic heterocycles. The van der Waals surface area contributed by atoms with Crippen molar-refractivity contribution < 1.29 is 18.3 Å². The summed E-state index contributed by atoms with van der Waals surface area (Å²) in [5, 5.41) is 12.3. The third-order valence-corrected chi connectivity index (χ3v) is 6.55. The fourth-order valence-electron chi connectivity index (χ4n) is 2.00. The Morgan fingerprint density at radius 2 is 2.16 bits per heavy atom. The fraction of sp³-hybridized carbons (Fsp3) is 0.583. The highest BCUT2D eigenvalue weighted by molar-refractivity contribution is 7.94. The van der Waals surface area contributed by atoms with Crippen molar-refractivity contribution in [2.24, 2.45) is 0 Å². The number of sulfone groups is 1. The molecule has 0 saturated carbocycles. The monoisotopic (exact) mass is 305 g/mol. The summed E-state index contributed by atoms with van der Waals surface area (Å²) < 4.78 is 24.6. The highest BCUT2D eigenvalue weighted by Crippen LogP contribution is 2.39. The van der Waals surface area contributed by atoms with Crippen LogP contribution in [0.4, 0.5) is 0 Å². The van der Waals surface area contributed by atoms with E-state index in [0.29, 0.717) is 10.6 Å². The average molecular weight is 305 g/mol. The maximum absolute atomic E-state index is 12.0. The molecule has 0 amide bonds. The van der Waals surface area contributed by atoms with Gasteiger partial charge in [-0.3, -0.25) is 4.79 Å². The summed E-state index contributed by atoms with van der Waals surface area (Å²) in [5.41, 5.74) is 0.958. The van der Waals surface area contributed by atoms with E-state index < -0.39 is 15.8 Å². The first-order valence-electron chi connectivity index (χ1n) is 6.04. The highest BCUT2D eigenvalue weighted by atomic mass is 32.2. The van der Waals surface area contributed by atoms with Crippen LogP contribution in [0, 0.1) is 0 Å². The molecule has 0 saturated heterocycles. The van der Waals surface area contributed by atoms with Crippen LogP contribution in [0.5, 0.6) is 0 Å². The second kappa shape index (κ2) is 6.49. The predicted octanol–water partition coefficient (Wildman–Crippen LogP) is 2.06. The molecule has 2 heterocycles. The topological polar surface area (TPSA) is 83.5 Å². The largest absolute Gasteiger partial charge is 0.481 e. The van der Waals surface area contributed by atoms with Crippen LogP contribution in [0.25, 0.3) is 0 Å². The van der Waals surface area contributed by atoms with Gasteiger partial charge in [0, 0.05) is 13.0 Å². The van der Waals surface area contributed by atoms with E-state index in [2.05, 4.69) is 5.32 Å². The average Bonchev–Trinajstić information content (AvgIpc) is 2.75.